The first-order valence-electron chi connectivity index (χ1n) is 3.73. The van der Waals surface area contributed by atoms with Gasteiger partial charge in [0.2, 0.25) is 0 Å². The summed E-state index contributed by atoms with van der Waals surface area (Å²) in [7, 11) is 0. The summed E-state index contributed by atoms with van der Waals surface area (Å²) < 4.78 is 4.57. The Bertz CT molecular complexity index is 469. The number of H-pyrrole nitrogens is 1. The second-order valence-electron chi connectivity index (χ2n) is 2.61. The molecule has 0 spiro atoms. The molecule has 1 aromatic carbocycles. The third-order valence-electron chi connectivity index (χ3n) is 1.68. The van der Waals surface area contributed by atoms with E-state index in [1.165, 1.54) is 6.26 Å². The number of rotatable bonds is 1. The van der Waals surface area contributed by atoms with Crippen LogP contribution in [-0.4, -0.2) is 10.1 Å². The number of aromatic hydroxyl groups is 1. The van der Waals surface area contributed by atoms with E-state index in [4.69, 9.17) is 5.11 Å². The van der Waals surface area contributed by atoms with E-state index in [1.54, 1.807) is 24.3 Å². The zero-order valence-electron chi connectivity index (χ0n) is 6.65. The zero-order chi connectivity index (χ0) is 9.26. The van der Waals surface area contributed by atoms with Crippen LogP contribution < -0.4 is 5.76 Å². The molecule has 4 nitrogen and oxygen atoms in total. The van der Waals surface area contributed by atoms with E-state index in [1.807, 2.05) is 0 Å². The Hall–Kier alpha value is -1.97. The van der Waals surface area contributed by atoms with Crippen molar-refractivity contribution < 1.29 is 9.52 Å². The summed E-state index contributed by atoms with van der Waals surface area (Å²) in [6.45, 7) is 0. The molecular weight excluding hydrogens is 170 g/mol. The Morgan fingerprint density at radius 2 is 2.23 bits per heavy atom. The molecule has 0 aliphatic heterocycles. The topological polar surface area (TPSA) is 66.2 Å². The van der Waals surface area contributed by atoms with Gasteiger partial charge in [-0.15, -0.1) is 0 Å². The maximum absolute atomic E-state index is 10.7. The molecule has 0 bridgehead atoms. The minimum absolute atomic E-state index is 0.152. The number of hydrogen-bond donors (Lipinski definition) is 2. The molecule has 1 aromatic heterocycles. The molecule has 0 aliphatic carbocycles. The van der Waals surface area contributed by atoms with Gasteiger partial charge in [0, 0.05) is 5.56 Å². The highest BCUT2D eigenvalue weighted by Crippen LogP contribution is 2.19. The van der Waals surface area contributed by atoms with Crippen molar-refractivity contribution >= 4 is 0 Å². The van der Waals surface area contributed by atoms with Crippen molar-refractivity contribution in [3.05, 3.63) is 41.1 Å². The average Bonchev–Trinajstić information content (AvgIpc) is 2.52. The van der Waals surface area contributed by atoms with E-state index < -0.39 is 5.76 Å². The largest absolute Gasteiger partial charge is 0.508 e. The van der Waals surface area contributed by atoms with Gasteiger partial charge in [0.05, 0.1) is 5.69 Å². The molecule has 4 heteroatoms. The normalized spacial score (nSPS) is 10.2. The predicted molar refractivity (Wildman–Crippen MR) is 46.4 cm³/mol. The summed E-state index contributed by atoms with van der Waals surface area (Å²) in [6, 6.07) is 6.55. The lowest BCUT2D eigenvalue weighted by molar-refractivity contribution is 0.475. The minimum atomic E-state index is -0.502. The lowest BCUT2D eigenvalue weighted by Gasteiger charge is -1.95. The van der Waals surface area contributed by atoms with Gasteiger partial charge in [-0.05, 0) is 12.1 Å². The number of nitrogens with one attached hydrogen (secondary N) is 1. The molecule has 0 saturated carbocycles. The molecule has 2 aromatic rings. The number of aromatic amines is 1. The fourth-order valence-corrected chi connectivity index (χ4v) is 1.09. The molecule has 0 saturated heterocycles. The van der Waals surface area contributed by atoms with Crippen molar-refractivity contribution in [2.45, 2.75) is 0 Å². The maximum Gasteiger partial charge on any atom is 0.416 e. The first-order chi connectivity index (χ1) is 6.25. The second kappa shape index (κ2) is 2.82. The number of benzene rings is 1. The van der Waals surface area contributed by atoms with Gasteiger partial charge in [0.15, 0.2) is 0 Å². The van der Waals surface area contributed by atoms with E-state index in [0.717, 1.165) is 0 Å². The number of phenols is 1. The Balaban J connectivity index is 2.52. The molecule has 0 fully saturated rings. The highest BCUT2D eigenvalue weighted by molar-refractivity contribution is 5.59. The van der Waals surface area contributed by atoms with Gasteiger partial charge in [-0.25, -0.2) is 4.79 Å². The maximum atomic E-state index is 10.7. The van der Waals surface area contributed by atoms with Gasteiger partial charge in [0.1, 0.15) is 12.0 Å². The molecule has 0 aliphatic rings. The van der Waals surface area contributed by atoms with E-state index in [0.29, 0.717) is 11.3 Å². The minimum Gasteiger partial charge on any atom is -0.508 e. The van der Waals surface area contributed by atoms with Crippen molar-refractivity contribution in [2.24, 2.45) is 0 Å². The molecule has 2 N–H and O–H groups in total. The molecule has 0 amide bonds. The van der Waals surface area contributed by atoms with Crippen LogP contribution in [0.4, 0.5) is 0 Å². The molecule has 0 atom stereocenters. The average molecular weight is 177 g/mol. The number of phenolic OH excluding ortho intramolecular Hbond substituents is 1. The Labute approximate surface area is 73.5 Å². The lowest BCUT2D eigenvalue weighted by Crippen LogP contribution is -1.94. The molecule has 0 unspecified atom stereocenters. The van der Waals surface area contributed by atoms with Crippen LogP contribution in [0.2, 0.25) is 0 Å². The molecular formula is C9H7NO3. The van der Waals surface area contributed by atoms with Crippen LogP contribution in [0.25, 0.3) is 11.3 Å². The molecule has 2 rings (SSSR count). The quantitative estimate of drug-likeness (QED) is 0.690. The third kappa shape index (κ3) is 1.46. The summed E-state index contributed by atoms with van der Waals surface area (Å²) >= 11 is 0. The van der Waals surface area contributed by atoms with Crippen LogP contribution >= 0.6 is 0 Å². The SMILES string of the molecule is O=c1[nH]c(-c2cccc(O)c2)co1. The van der Waals surface area contributed by atoms with Crippen molar-refractivity contribution in [3.8, 4) is 17.0 Å². The van der Waals surface area contributed by atoms with Crippen LogP contribution in [0.3, 0.4) is 0 Å². The van der Waals surface area contributed by atoms with E-state index in [2.05, 4.69) is 9.40 Å². The van der Waals surface area contributed by atoms with Crippen molar-refractivity contribution in [1.29, 1.82) is 0 Å². The molecule has 13 heavy (non-hydrogen) atoms. The van der Waals surface area contributed by atoms with E-state index in [9.17, 15) is 4.79 Å². The van der Waals surface area contributed by atoms with Crippen LogP contribution in [0.1, 0.15) is 0 Å². The van der Waals surface area contributed by atoms with Crippen LogP contribution in [-0.2, 0) is 0 Å². The van der Waals surface area contributed by atoms with Gasteiger partial charge in [-0.2, -0.15) is 0 Å². The van der Waals surface area contributed by atoms with Gasteiger partial charge in [-0.1, -0.05) is 12.1 Å². The summed E-state index contributed by atoms with van der Waals surface area (Å²) in [6.07, 6.45) is 1.32. The number of oxazole rings is 1. The van der Waals surface area contributed by atoms with E-state index >= 15 is 0 Å². The third-order valence-corrected chi connectivity index (χ3v) is 1.68. The van der Waals surface area contributed by atoms with E-state index in [-0.39, 0.29) is 5.75 Å². The molecule has 0 radical (unpaired) electrons. The van der Waals surface area contributed by atoms with Gasteiger partial charge >= 0.3 is 5.76 Å². The fraction of sp³-hybridized carbons (Fsp3) is 0. The summed E-state index contributed by atoms with van der Waals surface area (Å²) in [4.78, 5) is 13.2. The standard InChI is InChI=1S/C9H7NO3/c11-7-3-1-2-6(4-7)8-5-13-9(12)10-8/h1-5,11H,(H,10,12). The highest BCUT2D eigenvalue weighted by atomic mass is 16.4. The van der Waals surface area contributed by atoms with Gasteiger partial charge in [-0.3, -0.25) is 4.98 Å². The van der Waals surface area contributed by atoms with Crippen LogP contribution in [0, 0.1) is 0 Å². The lowest BCUT2D eigenvalue weighted by atomic mass is 10.2. The van der Waals surface area contributed by atoms with Crippen LogP contribution in [0.5, 0.6) is 5.75 Å². The number of aromatic nitrogens is 1. The second-order valence-corrected chi connectivity index (χ2v) is 2.61. The first-order valence-corrected chi connectivity index (χ1v) is 3.73. The number of hydrogen-bond acceptors (Lipinski definition) is 3. The zero-order valence-corrected chi connectivity index (χ0v) is 6.65. The smallest absolute Gasteiger partial charge is 0.416 e. The Kier molecular flexibility index (Phi) is 1.66. The Morgan fingerprint density at radius 3 is 2.85 bits per heavy atom. The highest BCUT2D eigenvalue weighted by Gasteiger charge is 2.01. The van der Waals surface area contributed by atoms with Crippen molar-refractivity contribution in [1.82, 2.24) is 4.98 Å². The molecule has 66 valence electrons. The van der Waals surface area contributed by atoms with Gasteiger partial charge < -0.3 is 9.52 Å². The van der Waals surface area contributed by atoms with Crippen LogP contribution in [0.15, 0.2) is 39.7 Å². The predicted octanol–water partition coefficient (Wildman–Crippen LogP) is 1.34. The first kappa shape index (κ1) is 7.67. The summed E-state index contributed by atoms with van der Waals surface area (Å²) in [5, 5.41) is 9.16. The molecule has 1 heterocycles. The van der Waals surface area contributed by atoms with Crippen molar-refractivity contribution in [2.75, 3.05) is 0 Å². The fourth-order valence-electron chi connectivity index (χ4n) is 1.09. The monoisotopic (exact) mass is 177 g/mol. The summed E-state index contributed by atoms with van der Waals surface area (Å²) in [5.74, 6) is -0.349. The van der Waals surface area contributed by atoms with Crippen molar-refractivity contribution in [3.63, 3.8) is 0 Å². The summed E-state index contributed by atoms with van der Waals surface area (Å²) in [5.41, 5.74) is 1.27. The van der Waals surface area contributed by atoms with Gasteiger partial charge in [0.25, 0.3) is 0 Å². The Morgan fingerprint density at radius 1 is 1.38 bits per heavy atom.